The highest BCUT2D eigenvalue weighted by Gasteiger charge is 2.35. The molecule has 0 unspecified atom stereocenters. The molecule has 1 aliphatic heterocycles. The monoisotopic (exact) mass is 481 g/mol. The number of carbonyl (C=O) groups is 2. The lowest BCUT2D eigenvalue weighted by Crippen LogP contribution is -2.54. The Balaban J connectivity index is 1.70. The van der Waals surface area contributed by atoms with Crippen LogP contribution in [-0.4, -0.2) is 21.9 Å². The molecule has 4 rings (SSSR count). The van der Waals surface area contributed by atoms with E-state index in [-0.39, 0.29) is 27.2 Å². The number of rotatable bonds is 4. The number of nitrogens with zero attached hydrogens (tertiary/aromatic N) is 2. The van der Waals surface area contributed by atoms with E-state index in [0.717, 1.165) is 11.1 Å². The molecule has 10 heteroatoms. The molecule has 1 aliphatic rings. The molecule has 1 N–H and O–H groups in total. The number of hydrogen-bond donors (Lipinski definition) is 1. The van der Waals surface area contributed by atoms with Crippen molar-refractivity contribution in [3.63, 3.8) is 0 Å². The van der Waals surface area contributed by atoms with Gasteiger partial charge in [0.2, 0.25) is 0 Å². The summed E-state index contributed by atoms with van der Waals surface area (Å²) >= 11 is 11.1. The number of benzene rings is 2. The number of nitro benzene ring substituents is 1. The van der Waals surface area contributed by atoms with Crippen molar-refractivity contribution < 1.29 is 18.9 Å². The van der Waals surface area contributed by atoms with Gasteiger partial charge in [-0.15, -0.1) is 0 Å². The smallest absolute Gasteiger partial charge is 0.288 e. The standard InChI is InChI=1S/C23H16ClN3O5S/c1-12-3-4-13(2)18(9-12)26-22(29)16(21(28)25-23(26)33)11-15-6-8-20(32-15)14-5-7-17(24)19(10-14)27(30)31/h3-11H,1-2H3,(H,25,28,33)/b16-11-. The van der Waals surface area contributed by atoms with E-state index < -0.39 is 16.7 Å². The van der Waals surface area contributed by atoms with Crippen molar-refractivity contribution in [2.75, 3.05) is 4.90 Å². The van der Waals surface area contributed by atoms with Crippen LogP contribution in [0.25, 0.3) is 17.4 Å². The van der Waals surface area contributed by atoms with Crippen LogP contribution in [0, 0.1) is 24.0 Å². The molecular formula is C23H16ClN3O5S. The molecule has 1 aromatic heterocycles. The molecule has 1 saturated heterocycles. The molecule has 0 aliphatic carbocycles. The number of nitro groups is 1. The second-order valence-corrected chi connectivity index (χ2v) is 8.17. The summed E-state index contributed by atoms with van der Waals surface area (Å²) < 4.78 is 5.73. The number of anilines is 1. The van der Waals surface area contributed by atoms with Crippen molar-refractivity contribution in [3.8, 4) is 11.3 Å². The summed E-state index contributed by atoms with van der Waals surface area (Å²) in [6.45, 7) is 3.73. The first kappa shape index (κ1) is 22.4. The Bertz CT molecular complexity index is 1380. The zero-order chi connectivity index (χ0) is 23.9. The molecule has 1 fully saturated rings. The highest BCUT2D eigenvalue weighted by Crippen LogP contribution is 2.32. The Morgan fingerprint density at radius 2 is 1.88 bits per heavy atom. The van der Waals surface area contributed by atoms with Crippen molar-refractivity contribution >= 4 is 58.2 Å². The zero-order valence-corrected chi connectivity index (χ0v) is 19.0. The summed E-state index contributed by atoms with van der Waals surface area (Å²) in [5.74, 6) is -0.703. The quantitative estimate of drug-likeness (QED) is 0.186. The SMILES string of the molecule is Cc1ccc(C)c(N2C(=O)/C(=C\c3ccc(-c4ccc(Cl)c([N+](=O)[O-])c4)o3)C(=O)NC2=S)c1. The minimum atomic E-state index is -0.647. The molecule has 0 spiro atoms. The third-order valence-corrected chi connectivity index (χ3v) is 5.65. The van der Waals surface area contributed by atoms with Crippen molar-refractivity contribution in [1.82, 2.24) is 5.32 Å². The lowest BCUT2D eigenvalue weighted by Gasteiger charge is -2.30. The molecule has 0 atom stereocenters. The minimum Gasteiger partial charge on any atom is -0.457 e. The average molecular weight is 482 g/mol. The summed E-state index contributed by atoms with van der Waals surface area (Å²) in [5.41, 5.74) is 2.33. The maximum Gasteiger partial charge on any atom is 0.288 e. The Morgan fingerprint density at radius 3 is 2.61 bits per heavy atom. The van der Waals surface area contributed by atoms with Gasteiger partial charge in [0.1, 0.15) is 22.1 Å². The van der Waals surface area contributed by atoms with E-state index in [1.807, 2.05) is 32.0 Å². The number of carbonyl (C=O) groups excluding carboxylic acids is 2. The summed E-state index contributed by atoms with van der Waals surface area (Å²) in [5, 5.41) is 13.7. The van der Waals surface area contributed by atoms with Gasteiger partial charge in [0.05, 0.1) is 10.6 Å². The fourth-order valence-electron chi connectivity index (χ4n) is 3.37. The number of nitrogens with one attached hydrogen (secondary N) is 1. The van der Waals surface area contributed by atoms with Gasteiger partial charge in [0.25, 0.3) is 17.5 Å². The van der Waals surface area contributed by atoms with Gasteiger partial charge in [0.15, 0.2) is 5.11 Å². The van der Waals surface area contributed by atoms with Crippen LogP contribution in [0.4, 0.5) is 11.4 Å². The van der Waals surface area contributed by atoms with Crippen LogP contribution in [0.2, 0.25) is 5.02 Å². The van der Waals surface area contributed by atoms with Crippen LogP contribution in [0.5, 0.6) is 0 Å². The lowest BCUT2D eigenvalue weighted by atomic mass is 10.1. The van der Waals surface area contributed by atoms with Gasteiger partial charge in [-0.05, 0) is 73.6 Å². The largest absolute Gasteiger partial charge is 0.457 e. The summed E-state index contributed by atoms with van der Waals surface area (Å²) in [6, 6.07) is 13.0. The molecule has 2 aromatic carbocycles. The third kappa shape index (κ3) is 4.28. The summed E-state index contributed by atoms with van der Waals surface area (Å²) in [7, 11) is 0. The first-order chi connectivity index (χ1) is 15.7. The molecule has 8 nitrogen and oxygen atoms in total. The van der Waals surface area contributed by atoms with E-state index in [1.54, 1.807) is 18.2 Å². The second-order valence-electron chi connectivity index (χ2n) is 7.37. The molecule has 2 amide bonds. The van der Waals surface area contributed by atoms with Crippen LogP contribution in [0.15, 0.2) is 58.5 Å². The predicted molar refractivity (Wildman–Crippen MR) is 128 cm³/mol. The molecule has 0 saturated carbocycles. The van der Waals surface area contributed by atoms with Crippen LogP contribution < -0.4 is 10.2 Å². The highest BCUT2D eigenvalue weighted by molar-refractivity contribution is 7.80. The first-order valence-corrected chi connectivity index (χ1v) is 10.5. The number of halogens is 1. The number of aryl methyl sites for hydroxylation is 2. The fourth-order valence-corrected chi connectivity index (χ4v) is 3.83. The minimum absolute atomic E-state index is 0.00428. The van der Waals surface area contributed by atoms with Crippen molar-refractivity contribution in [1.29, 1.82) is 0 Å². The topological polar surface area (TPSA) is 106 Å². The van der Waals surface area contributed by atoms with Crippen LogP contribution in [-0.2, 0) is 9.59 Å². The van der Waals surface area contributed by atoms with Gasteiger partial charge in [-0.2, -0.15) is 0 Å². The van der Waals surface area contributed by atoms with Crippen LogP contribution in [0.3, 0.4) is 0 Å². The lowest BCUT2D eigenvalue weighted by molar-refractivity contribution is -0.384. The molecule has 0 bridgehead atoms. The molecule has 3 aromatic rings. The maximum absolute atomic E-state index is 13.2. The number of hydrogen-bond acceptors (Lipinski definition) is 6. The summed E-state index contributed by atoms with van der Waals surface area (Å²) in [4.78, 5) is 37.6. The zero-order valence-electron chi connectivity index (χ0n) is 17.4. The fraction of sp³-hybridized carbons (Fsp3) is 0.0870. The number of thiocarbonyl (C=S) groups is 1. The van der Waals surface area contributed by atoms with Crippen molar-refractivity contribution in [2.45, 2.75) is 13.8 Å². The van der Waals surface area contributed by atoms with E-state index in [2.05, 4.69) is 5.32 Å². The highest BCUT2D eigenvalue weighted by atomic mass is 35.5. The van der Waals surface area contributed by atoms with Crippen LogP contribution in [0.1, 0.15) is 16.9 Å². The third-order valence-electron chi connectivity index (χ3n) is 5.05. The molecule has 2 heterocycles. The normalized spacial score (nSPS) is 15.2. The van der Waals surface area contributed by atoms with Gasteiger partial charge in [-0.1, -0.05) is 23.7 Å². The van der Waals surface area contributed by atoms with Crippen molar-refractivity contribution in [2.24, 2.45) is 0 Å². The average Bonchev–Trinajstić information content (AvgIpc) is 3.22. The summed E-state index contributed by atoms with van der Waals surface area (Å²) in [6.07, 6.45) is 1.31. The molecule has 0 radical (unpaired) electrons. The van der Waals surface area contributed by atoms with Gasteiger partial charge in [-0.3, -0.25) is 29.9 Å². The van der Waals surface area contributed by atoms with E-state index in [1.165, 1.54) is 23.1 Å². The van der Waals surface area contributed by atoms with Crippen LogP contribution >= 0.6 is 23.8 Å². The van der Waals surface area contributed by atoms with E-state index in [0.29, 0.717) is 17.0 Å². The van der Waals surface area contributed by atoms with Gasteiger partial charge in [0, 0.05) is 11.6 Å². The Morgan fingerprint density at radius 1 is 1.12 bits per heavy atom. The Hall–Kier alpha value is -3.82. The van der Waals surface area contributed by atoms with Gasteiger partial charge < -0.3 is 4.42 Å². The number of furan rings is 1. The molecule has 33 heavy (non-hydrogen) atoms. The van der Waals surface area contributed by atoms with E-state index >= 15 is 0 Å². The molecule has 166 valence electrons. The maximum atomic E-state index is 13.2. The molecular weight excluding hydrogens is 466 g/mol. The Labute approximate surface area is 198 Å². The van der Waals surface area contributed by atoms with E-state index in [4.69, 9.17) is 28.2 Å². The van der Waals surface area contributed by atoms with Crippen molar-refractivity contribution in [3.05, 3.63) is 86.1 Å². The first-order valence-electron chi connectivity index (χ1n) is 9.68. The number of amides is 2. The Kier molecular flexibility index (Phi) is 5.84. The predicted octanol–water partition coefficient (Wildman–Crippen LogP) is 4.96. The second kappa shape index (κ2) is 8.61. The van der Waals surface area contributed by atoms with Gasteiger partial charge >= 0.3 is 0 Å². The van der Waals surface area contributed by atoms with E-state index in [9.17, 15) is 19.7 Å². The van der Waals surface area contributed by atoms with Gasteiger partial charge in [-0.25, -0.2) is 0 Å².